The highest BCUT2D eigenvalue weighted by Crippen LogP contribution is 2.05. The van der Waals surface area contributed by atoms with Crippen LogP contribution in [-0.2, 0) is 6.42 Å². The van der Waals surface area contributed by atoms with Crippen LogP contribution in [0.3, 0.4) is 0 Å². The van der Waals surface area contributed by atoms with Gasteiger partial charge in [0, 0.05) is 19.0 Å². The molecule has 0 bridgehead atoms. The maximum atomic E-state index is 5.11. The Hall–Kier alpha value is -0.900. The van der Waals surface area contributed by atoms with E-state index in [0.717, 1.165) is 31.0 Å². The Morgan fingerprint density at radius 3 is 2.87 bits per heavy atom. The third kappa shape index (κ3) is 4.42. The number of aromatic nitrogens is 2. The van der Waals surface area contributed by atoms with Crippen LogP contribution in [0.1, 0.15) is 38.9 Å². The molecule has 1 aromatic heterocycles. The summed E-state index contributed by atoms with van der Waals surface area (Å²) in [4.78, 5) is 7.53. The monoisotopic (exact) mass is 225 g/mol. The third-order valence-electron chi connectivity index (χ3n) is 2.12. The first kappa shape index (κ1) is 12.2. The summed E-state index contributed by atoms with van der Waals surface area (Å²) in [7, 11) is 0. The second-order valence-corrected chi connectivity index (χ2v) is 4.03. The van der Waals surface area contributed by atoms with Crippen molar-refractivity contribution in [2.24, 2.45) is 0 Å². The molecule has 84 valence electrons. The van der Waals surface area contributed by atoms with Crippen LogP contribution in [0.4, 0.5) is 5.82 Å². The van der Waals surface area contributed by atoms with Gasteiger partial charge < -0.3 is 10.3 Å². The minimum Gasteiger partial charge on any atom is -0.372 e. The lowest BCUT2D eigenvalue weighted by molar-refractivity contribution is 0.811. The summed E-state index contributed by atoms with van der Waals surface area (Å²) in [6, 6.07) is 1.88. The number of hydrogen-bond acceptors (Lipinski definition) is 3. The lowest BCUT2D eigenvalue weighted by Crippen LogP contribution is -2.05. The van der Waals surface area contributed by atoms with Gasteiger partial charge in [-0.3, -0.25) is 0 Å². The van der Waals surface area contributed by atoms with Crippen LogP contribution < -0.4 is 5.32 Å². The predicted octanol–water partition coefficient (Wildman–Crippen LogP) is 3.30. The van der Waals surface area contributed by atoms with E-state index in [2.05, 4.69) is 29.1 Å². The van der Waals surface area contributed by atoms with Crippen LogP contribution in [0.25, 0.3) is 0 Å². The average Bonchev–Trinajstić information content (AvgIpc) is 2.18. The molecule has 3 nitrogen and oxygen atoms in total. The number of aromatic amines is 1. The molecule has 1 aromatic rings. The van der Waals surface area contributed by atoms with Crippen molar-refractivity contribution in [2.75, 3.05) is 11.9 Å². The molecule has 0 amide bonds. The van der Waals surface area contributed by atoms with E-state index in [9.17, 15) is 0 Å². The Morgan fingerprint density at radius 2 is 2.20 bits per heavy atom. The normalized spacial score (nSPS) is 10.3. The summed E-state index contributed by atoms with van der Waals surface area (Å²) < 4.78 is 0.663. The summed E-state index contributed by atoms with van der Waals surface area (Å²) in [5.41, 5.74) is 0. The Kier molecular flexibility index (Phi) is 5.32. The Bertz CT molecular complexity index is 346. The van der Waals surface area contributed by atoms with Crippen molar-refractivity contribution in [1.29, 1.82) is 0 Å². The van der Waals surface area contributed by atoms with Gasteiger partial charge in [0.1, 0.15) is 16.3 Å². The smallest absolute Gasteiger partial charge is 0.131 e. The molecule has 1 rings (SSSR count). The minimum absolute atomic E-state index is 0.663. The van der Waals surface area contributed by atoms with Gasteiger partial charge in [-0.2, -0.15) is 0 Å². The largest absolute Gasteiger partial charge is 0.372 e. The first-order valence-electron chi connectivity index (χ1n) is 5.60. The van der Waals surface area contributed by atoms with Gasteiger partial charge in [0.15, 0.2) is 0 Å². The molecular weight excluding hydrogens is 206 g/mol. The molecule has 1 heterocycles. The molecule has 4 heteroatoms. The van der Waals surface area contributed by atoms with Gasteiger partial charge in [-0.1, -0.05) is 32.5 Å². The minimum atomic E-state index is 0.663. The summed E-state index contributed by atoms with van der Waals surface area (Å²) in [5.74, 6) is 1.97. The summed E-state index contributed by atoms with van der Waals surface area (Å²) >= 11 is 5.11. The van der Waals surface area contributed by atoms with Crippen LogP contribution in [0.5, 0.6) is 0 Å². The second-order valence-electron chi connectivity index (χ2n) is 3.61. The van der Waals surface area contributed by atoms with E-state index in [4.69, 9.17) is 12.2 Å². The molecule has 0 unspecified atom stereocenters. The van der Waals surface area contributed by atoms with Gasteiger partial charge >= 0.3 is 0 Å². The number of hydrogen-bond donors (Lipinski definition) is 2. The molecule has 0 atom stereocenters. The highest BCUT2D eigenvalue weighted by Gasteiger charge is 1.97. The quantitative estimate of drug-likeness (QED) is 0.576. The summed E-state index contributed by atoms with van der Waals surface area (Å²) in [6.07, 6.45) is 4.40. The number of rotatable bonds is 6. The van der Waals surface area contributed by atoms with Crippen molar-refractivity contribution in [3.63, 3.8) is 0 Å². The molecule has 0 radical (unpaired) electrons. The fraction of sp³-hybridized carbons (Fsp3) is 0.636. The van der Waals surface area contributed by atoms with Crippen LogP contribution >= 0.6 is 12.2 Å². The van der Waals surface area contributed by atoms with E-state index in [-0.39, 0.29) is 0 Å². The average molecular weight is 225 g/mol. The van der Waals surface area contributed by atoms with Crippen LogP contribution in [0.15, 0.2) is 6.07 Å². The number of unbranched alkanes of at least 4 members (excludes halogenated alkanes) is 1. The number of nitrogens with one attached hydrogen (secondary N) is 2. The van der Waals surface area contributed by atoms with E-state index >= 15 is 0 Å². The van der Waals surface area contributed by atoms with E-state index < -0.39 is 0 Å². The summed E-state index contributed by atoms with van der Waals surface area (Å²) in [6.45, 7) is 5.30. The molecule has 0 aliphatic carbocycles. The number of nitrogens with zero attached hydrogens (tertiary/aromatic N) is 1. The molecule has 0 aliphatic heterocycles. The fourth-order valence-corrected chi connectivity index (χ4v) is 1.59. The first-order chi connectivity index (χ1) is 7.26. The molecular formula is C11H19N3S. The van der Waals surface area contributed by atoms with Gasteiger partial charge in [-0.05, 0) is 12.8 Å². The van der Waals surface area contributed by atoms with Gasteiger partial charge in [0.05, 0.1) is 0 Å². The Balaban J connectivity index is 2.66. The van der Waals surface area contributed by atoms with Crippen LogP contribution in [0.2, 0.25) is 0 Å². The topological polar surface area (TPSA) is 40.7 Å². The molecule has 0 saturated carbocycles. The number of aryl methyl sites for hydroxylation is 1. The maximum Gasteiger partial charge on any atom is 0.131 e. The highest BCUT2D eigenvalue weighted by molar-refractivity contribution is 7.71. The van der Waals surface area contributed by atoms with Crippen LogP contribution in [0, 0.1) is 4.64 Å². The molecule has 2 N–H and O–H groups in total. The molecule has 0 spiro atoms. The van der Waals surface area contributed by atoms with Gasteiger partial charge in [0.25, 0.3) is 0 Å². The molecule has 0 fully saturated rings. The molecule has 0 aliphatic rings. The first-order valence-corrected chi connectivity index (χ1v) is 6.01. The van der Waals surface area contributed by atoms with Gasteiger partial charge in [0.2, 0.25) is 0 Å². The zero-order valence-corrected chi connectivity index (χ0v) is 10.3. The highest BCUT2D eigenvalue weighted by atomic mass is 32.1. The number of anilines is 1. The zero-order valence-electron chi connectivity index (χ0n) is 9.47. The molecule has 15 heavy (non-hydrogen) atoms. The van der Waals surface area contributed by atoms with Gasteiger partial charge in [-0.25, -0.2) is 4.98 Å². The van der Waals surface area contributed by atoms with E-state index in [0.29, 0.717) is 4.64 Å². The SMILES string of the molecule is CCCCNc1cc(=S)nc(CCC)[nH]1. The lowest BCUT2D eigenvalue weighted by Gasteiger charge is -2.07. The van der Waals surface area contributed by atoms with Crippen molar-refractivity contribution >= 4 is 18.0 Å². The Morgan fingerprint density at radius 1 is 1.40 bits per heavy atom. The second kappa shape index (κ2) is 6.56. The van der Waals surface area contributed by atoms with Gasteiger partial charge in [-0.15, -0.1) is 0 Å². The van der Waals surface area contributed by atoms with E-state index in [1.807, 2.05) is 6.07 Å². The predicted molar refractivity (Wildman–Crippen MR) is 66.8 cm³/mol. The van der Waals surface area contributed by atoms with Crippen LogP contribution in [-0.4, -0.2) is 16.5 Å². The van der Waals surface area contributed by atoms with E-state index in [1.54, 1.807) is 0 Å². The van der Waals surface area contributed by atoms with Crippen molar-refractivity contribution in [3.8, 4) is 0 Å². The fourth-order valence-electron chi connectivity index (χ4n) is 1.36. The maximum absolute atomic E-state index is 5.11. The number of H-pyrrole nitrogens is 1. The molecule has 0 aromatic carbocycles. The Labute approximate surface area is 96.3 Å². The van der Waals surface area contributed by atoms with Crippen molar-refractivity contribution in [1.82, 2.24) is 9.97 Å². The zero-order chi connectivity index (χ0) is 11.1. The van der Waals surface area contributed by atoms with Crippen molar-refractivity contribution in [2.45, 2.75) is 39.5 Å². The van der Waals surface area contributed by atoms with Crippen molar-refractivity contribution in [3.05, 3.63) is 16.5 Å². The molecule has 0 saturated heterocycles. The summed E-state index contributed by atoms with van der Waals surface area (Å²) in [5, 5.41) is 3.32. The lowest BCUT2D eigenvalue weighted by atomic mass is 10.3. The van der Waals surface area contributed by atoms with E-state index in [1.165, 1.54) is 12.8 Å². The van der Waals surface area contributed by atoms with Crippen molar-refractivity contribution < 1.29 is 0 Å². The third-order valence-corrected chi connectivity index (χ3v) is 2.33. The standard InChI is InChI=1S/C11H19N3S/c1-3-5-7-12-10-8-11(15)14-9(13-10)6-4-2/h8H,3-7H2,1-2H3,(H2,12,13,14,15).